The molecule has 164 valence electrons. The van der Waals surface area contributed by atoms with Crippen LogP contribution in [0.4, 0.5) is 0 Å². The van der Waals surface area contributed by atoms with E-state index in [0.29, 0.717) is 5.75 Å². The number of aryl methyl sites for hydroxylation is 2. The predicted octanol–water partition coefficient (Wildman–Crippen LogP) is 6.60. The highest BCUT2D eigenvalue weighted by atomic mass is 32.2. The van der Waals surface area contributed by atoms with Gasteiger partial charge in [0.15, 0.2) is 0 Å². The van der Waals surface area contributed by atoms with Crippen LogP contribution in [0.3, 0.4) is 0 Å². The van der Waals surface area contributed by atoms with Crippen LogP contribution in [0, 0.1) is 0 Å². The number of carbonyl (C=O) groups is 2. The lowest BCUT2D eigenvalue weighted by molar-refractivity contribution is -0.137. The predicted molar refractivity (Wildman–Crippen MR) is 126 cm³/mol. The Hall–Kier alpha value is -1.79. The third-order valence-corrected chi connectivity index (χ3v) is 7.54. The zero-order valence-corrected chi connectivity index (χ0v) is 19.1. The number of thiophene rings is 1. The second kappa shape index (κ2) is 14.3. The summed E-state index contributed by atoms with van der Waals surface area (Å²) in [4.78, 5) is 23.1. The topological polar surface area (TPSA) is 74.6 Å². The number of benzene rings is 1. The number of carboxylic acids is 2. The molecule has 0 aliphatic rings. The van der Waals surface area contributed by atoms with Gasteiger partial charge in [0.2, 0.25) is 0 Å². The molecule has 0 aliphatic carbocycles. The van der Waals surface area contributed by atoms with Gasteiger partial charge in [0.25, 0.3) is 0 Å². The second-order valence-electron chi connectivity index (χ2n) is 7.52. The number of carboxylic acid groups (broad SMARTS) is 2. The summed E-state index contributed by atoms with van der Waals surface area (Å²) >= 11 is 3.05. The maximum atomic E-state index is 11.3. The molecule has 4 nitrogen and oxygen atoms in total. The van der Waals surface area contributed by atoms with Gasteiger partial charge in [0.05, 0.1) is 12.8 Å². The molecule has 1 atom stereocenters. The highest BCUT2D eigenvalue weighted by molar-refractivity contribution is 7.99. The number of hydrogen-bond donors (Lipinski definition) is 2. The molecule has 1 unspecified atom stereocenters. The van der Waals surface area contributed by atoms with Crippen LogP contribution in [0.25, 0.3) is 0 Å². The minimum absolute atomic E-state index is 0.0409. The Labute approximate surface area is 187 Å². The molecule has 0 fully saturated rings. The maximum absolute atomic E-state index is 11.3. The van der Waals surface area contributed by atoms with Gasteiger partial charge < -0.3 is 10.2 Å². The second-order valence-corrected chi connectivity index (χ2v) is 9.78. The van der Waals surface area contributed by atoms with Crippen molar-refractivity contribution in [2.24, 2.45) is 0 Å². The third kappa shape index (κ3) is 9.81. The fourth-order valence-electron chi connectivity index (χ4n) is 3.51. The summed E-state index contributed by atoms with van der Waals surface area (Å²) in [6.45, 7) is 0. The molecular weight excluding hydrogens is 416 g/mol. The molecule has 1 aromatic carbocycles. The van der Waals surface area contributed by atoms with E-state index in [1.54, 1.807) is 11.3 Å². The van der Waals surface area contributed by atoms with Crippen LogP contribution in [0.1, 0.15) is 72.6 Å². The summed E-state index contributed by atoms with van der Waals surface area (Å²) in [5, 5.41) is 20.0. The van der Waals surface area contributed by atoms with Crippen LogP contribution in [0.15, 0.2) is 41.8 Å². The highest BCUT2D eigenvalue weighted by Crippen LogP contribution is 2.38. The SMILES string of the molecule is O=C(O)CCSC(CC(=O)O)c1sccc1CCCCCCCCc1ccccc1. The number of thioether (sulfide) groups is 1. The Balaban J connectivity index is 1.68. The van der Waals surface area contributed by atoms with E-state index >= 15 is 0 Å². The smallest absolute Gasteiger partial charge is 0.304 e. The monoisotopic (exact) mass is 448 g/mol. The van der Waals surface area contributed by atoms with E-state index in [0.717, 1.165) is 24.1 Å². The van der Waals surface area contributed by atoms with Crippen molar-refractivity contribution in [1.29, 1.82) is 0 Å². The molecule has 2 N–H and O–H groups in total. The van der Waals surface area contributed by atoms with E-state index in [1.807, 2.05) is 5.38 Å². The first-order valence-corrected chi connectivity index (χ1v) is 12.6. The van der Waals surface area contributed by atoms with Gasteiger partial charge in [0.1, 0.15) is 0 Å². The number of aliphatic carboxylic acids is 2. The normalized spacial score (nSPS) is 12.0. The zero-order valence-electron chi connectivity index (χ0n) is 17.4. The Morgan fingerprint density at radius 2 is 1.53 bits per heavy atom. The molecule has 0 spiro atoms. The molecule has 30 heavy (non-hydrogen) atoms. The number of unbranched alkanes of at least 4 members (excludes halogenated alkanes) is 5. The minimum Gasteiger partial charge on any atom is -0.481 e. The van der Waals surface area contributed by atoms with E-state index in [2.05, 4.69) is 36.4 Å². The largest absolute Gasteiger partial charge is 0.481 e. The van der Waals surface area contributed by atoms with E-state index in [4.69, 9.17) is 5.11 Å². The molecule has 0 aliphatic heterocycles. The van der Waals surface area contributed by atoms with Crippen molar-refractivity contribution in [3.05, 3.63) is 57.8 Å². The maximum Gasteiger partial charge on any atom is 0.304 e. The summed E-state index contributed by atoms with van der Waals surface area (Å²) in [7, 11) is 0. The summed E-state index contributed by atoms with van der Waals surface area (Å²) in [5.41, 5.74) is 2.65. The average molecular weight is 449 g/mol. The van der Waals surface area contributed by atoms with Crippen molar-refractivity contribution in [2.75, 3.05) is 5.75 Å². The molecule has 0 bridgehead atoms. The van der Waals surface area contributed by atoms with Crippen LogP contribution in [0.2, 0.25) is 0 Å². The van der Waals surface area contributed by atoms with Crippen molar-refractivity contribution in [3.8, 4) is 0 Å². The van der Waals surface area contributed by atoms with E-state index in [-0.39, 0.29) is 18.1 Å². The lowest BCUT2D eigenvalue weighted by Crippen LogP contribution is -2.06. The van der Waals surface area contributed by atoms with E-state index in [1.165, 1.54) is 55.0 Å². The Bertz CT molecular complexity index is 758. The van der Waals surface area contributed by atoms with Gasteiger partial charge in [-0.05, 0) is 48.3 Å². The van der Waals surface area contributed by atoms with E-state index < -0.39 is 11.9 Å². The Kier molecular flexibility index (Phi) is 11.6. The molecule has 0 saturated heterocycles. The van der Waals surface area contributed by atoms with Crippen LogP contribution < -0.4 is 0 Å². The van der Waals surface area contributed by atoms with Crippen molar-refractivity contribution in [2.45, 2.75) is 69.5 Å². The fraction of sp³-hybridized carbons (Fsp3) is 0.500. The first-order chi connectivity index (χ1) is 14.6. The zero-order chi connectivity index (χ0) is 21.6. The number of rotatable bonds is 16. The summed E-state index contributed by atoms with van der Waals surface area (Å²) in [6, 6.07) is 12.7. The summed E-state index contributed by atoms with van der Waals surface area (Å²) < 4.78 is 0. The van der Waals surface area contributed by atoms with Crippen LogP contribution >= 0.6 is 23.1 Å². The molecule has 0 amide bonds. The highest BCUT2D eigenvalue weighted by Gasteiger charge is 2.20. The van der Waals surface area contributed by atoms with Crippen molar-refractivity contribution in [1.82, 2.24) is 0 Å². The van der Waals surface area contributed by atoms with Gasteiger partial charge in [-0.15, -0.1) is 11.3 Å². The van der Waals surface area contributed by atoms with Crippen molar-refractivity contribution < 1.29 is 19.8 Å². The average Bonchev–Trinajstić information content (AvgIpc) is 3.18. The Morgan fingerprint density at radius 3 is 2.20 bits per heavy atom. The Morgan fingerprint density at radius 1 is 0.867 bits per heavy atom. The molecule has 2 aromatic rings. The molecule has 0 saturated carbocycles. The first-order valence-electron chi connectivity index (χ1n) is 10.7. The standard InChI is InChI=1S/C24H32O4S2/c25-22(26)15-17-29-21(18-23(27)28)24-20(14-16-30-24)13-9-4-2-1-3-6-10-19-11-7-5-8-12-19/h5,7-8,11-12,14,16,21H,1-4,6,9-10,13,15,17-18H2,(H,25,26)(H,27,28). The van der Waals surface area contributed by atoms with Gasteiger partial charge in [-0.25, -0.2) is 0 Å². The lowest BCUT2D eigenvalue weighted by Gasteiger charge is -2.15. The molecule has 1 heterocycles. The van der Waals surface area contributed by atoms with Gasteiger partial charge in [-0.3, -0.25) is 9.59 Å². The lowest BCUT2D eigenvalue weighted by atomic mass is 10.0. The van der Waals surface area contributed by atoms with Crippen LogP contribution in [-0.4, -0.2) is 27.9 Å². The molecule has 0 radical (unpaired) electrons. The third-order valence-electron chi connectivity index (χ3n) is 5.07. The fourth-order valence-corrected chi connectivity index (χ4v) is 5.95. The molecule has 2 rings (SSSR count). The minimum atomic E-state index is -0.841. The van der Waals surface area contributed by atoms with Crippen LogP contribution in [-0.2, 0) is 22.4 Å². The first kappa shape index (κ1) is 24.5. The van der Waals surface area contributed by atoms with Gasteiger partial charge in [-0.2, -0.15) is 11.8 Å². The quantitative estimate of drug-likeness (QED) is 0.283. The van der Waals surface area contributed by atoms with Crippen LogP contribution in [0.5, 0.6) is 0 Å². The molecular formula is C24H32O4S2. The van der Waals surface area contributed by atoms with Crippen molar-refractivity contribution >= 4 is 35.0 Å². The molecule has 1 aromatic heterocycles. The summed E-state index contributed by atoms with van der Waals surface area (Å²) in [5.74, 6) is -1.24. The number of hydrogen-bond acceptors (Lipinski definition) is 4. The van der Waals surface area contributed by atoms with Crippen molar-refractivity contribution in [3.63, 3.8) is 0 Å². The van der Waals surface area contributed by atoms with Gasteiger partial charge >= 0.3 is 11.9 Å². The van der Waals surface area contributed by atoms with E-state index in [9.17, 15) is 14.7 Å². The van der Waals surface area contributed by atoms with Gasteiger partial charge in [0, 0.05) is 15.9 Å². The molecule has 6 heteroatoms. The summed E-state index contributed by atoms with van der Waals surface area (Å²) in [6.07, 6.45) is 9.53. The van der Waals surface area contributed by atoms with Gasteiger partial charge in [-0.1, -0.05) is 56.0 Å².